The van der Waals surface area contributed by atoms with Gasteiger partial charge in [-0.25, -0.2) is 9.97 Å². The third kappa shape index (κ3) is 1.11. The fourth-order valence-electron chi connectivity index (χ4n) is 0.994. The standard InChI is InChI=1S/C7H4N4O3/c12-5-4-3(1-8-2-9-4)10-11-7(14)6(5)13/h1-2,10H,(H,11,14). The Balaban J connectivity index is 3.25. The maximum atomic E-state index is 11.3. The predicted octanol–water partition coefficient (Wildman–Crippen LogP) is -1.63. The molecule has 0 spiro atoms. The number of aromatic amines is 2. The third-order valence-corrected chi connectivity index (χ3v) is 1.65. The van der Waals surface area contributed by atoms with E-state index < -0.39 is 16.4 Å². The van der Waals surface area contributed by atoms with Crippen molar-refractivity contribution < 1.29 is 0 Å². The lowest BCUT2D eigenvalue weighted by Crippen LogP contribution is -2.36. The summed E-state index contributed by atoms with van der Waals surface area (Å²) in [4.78, 5) is 40.5. The van der Waals surface area contributed by atoms with E-state index in [1.54, 1.807) is 0 Å². The summed E-state index contributed by atoms with van der Waals surface area (Å²) in [6, 6.07) is 0. The highest BCUT2D eigenvalue weighted by Crippen LogP contribution is 1.93. The van der Waals surface area contributed by atoms with Crippen LogP contribution in [0.2, 0.25) is 0 Å². The molecule has 2 N–H and O–H groups in total. The molecule has 14 heavy (non-hydrogen) atoms. The molecule has 0 saturated heterocycles. The molecule has 0 amide bonds. The number of aromatic nitrogens is 4. The van der Waals surface area contributed by atoms with Crippen LogP contribution in [0.1, 0.15) is 0 Å². The van der Waals surface area contributed by atoms with Gasteiger partial charge in [-0.2, -0.15) is 0 Å². The van der Waals surface area contributed by atoms with Gasteiger partial charge in [0.15, 0.2) is 0 Å². The van der Waals surface area contributed by atoms with Gasteiger partial charge in [0.05, 0.1) is 6.20 Å². The first-order chi connectivity index (χ1) is 6.70. The fraction of sp³-hybridized carbons (Fsp3) is 0. The van der Waals surface area contributed by atoms with Gasteiger partial charge in [-0.15, -0.1) is 0 Å². The summed E-state index contributed by atoms with van der Waals surface area (Å²) in [5.74, 6) is 0. The van der Waals surface area contributed by atoms with Crippen LogP contribution in [0.4, 0.5) is 0 Å². The van der Waals surface area contributed by atoms with Crippen LogP contribution in [0.3, 0.4) is 0 Å². The van der Waals surface area contributed by atoms with Gasteiger partial charge in [0.2, 0.25) is 0 Å². The minimum Gasteiger partial charge on any atom is -0.294 e. The number of hydrogen-bond acceptors (Lipinski definition) is 5. The van der Waals surface area contributed by atoms with Gasteiger partial charge in [0.25, 0.3) is 10.9 Å². The van der Waals surface area contributed by atoms with Gasteiger partial charge in [-0.3, -0.25) is 24.6 Å². The zero-order chi connectivity index (χ0) is 10.1. The largest absolute Gasteiger partial charge is 0.314 e. The minimum atomic E-state index is -1.14. The van der Waals surface area contributed by atoms with Crippen molar-refractivity contribution in [2.45, 2.75) is 0 Å². The molecule has 0 aliphatic carbocycles. The second kappa shape index (κ2) is 2.87. The zero-order valence-electron chi connectivity index (χ0n) is 6.77. The number of hydrogen-bond donors (Lipinski definition) is 2. The first kappa shape index (κ1) is 8.30. The molecule has 7 heteroatoms. The Hall–Kier alpha value is -2.31. The first-order valence-corrected chi connectivity index (χ1v) is 3.65. The summed E-state index contributed by atoms with van der Waals surface area (Å²) in [5, 5.41) is 4.41. The van der Waals surface area contributed by atoms with Crippen molar-refractivity contribution in [1.29, 1.82) is 0 Å². The van der Waals surface area contributed by atoms with E-state index in [4.69, 9.17) is 0 Å². The zero-order valence-corrected chi connectivity index (χ0v) is 6.77. The Bertz CT molecular complexity index is 657. The lowest BCUT2D eigenvalue weighted by Gasteiger charge is -1.85. The maximum Gasteiger partial charge on any atom is 0.314 e. The molecule has 0 fully saturated rings. The van der Waals surface area contributed by atoms with Crippen molar-refractivity contribution in [1.82, 2.24) is 20.2 Å². The highest BCUT2D eigenvalue weighted by molar-refractivity contribution is 5.70. The lowest BCUT2D eigenvalue weighted by molar-refractivity contribution is 1.02. The van der Waals surface area contributed by atoms with Crippen LogP contribution in [0.5, 0.6) is 0 Å². The fourth-order valence-corrected chi connectivity index (χ4v) is 0.994. The number of nitrogens with one attached hydrogen (secondary N) is 2. The molecule has 2 heterocycles. The quantitative estimate of drug-likeness (QED) is 0.487. The molecule has 0 aliphatic heterocycles. The topological polar surface area (TPSA) is 109 Å². The highest BCUT2D eigenvalue weighted by atomic mass is 16.2. The molecule has 0 aromatic carbocycles. The summed E-state index contributed by atoms with van der Waals surface area (Å²) in [6.07, 6.45) is 2.42. The van der Waals surface area contributed by atoms with Crippen LogP contribution in [0, 0.1) is 0 Å². The molecule has 2 aromatic heterocycles. The smallest absolute Gasteiger partial charge is 0.294 e. The Kier molecular flexibility index (Phi) is 1.70. The molecular weight excluding hydrogens is 188 g/mol. The molecule has 0 unspecified atom stereocenters. The Morgan fingerprint density at radius 1 is 1.07 bits per heavy atom. The first-order valence-electron chi connectivity index (χ1n) is 3.65. The summed E-state index contributed by atoms with van der Waals surface area (Å²) >= 11 is 0. The predicted molar refractivity (Wildman–Crippen MR) is 47.0 cm³/mol. The van der Waals surface area contributed by atoms with E-state index >= 15 is 0 Å². The van der Waals surface area contributed by atoms with Crippen molar-refractivity contribution in [3.8, 4) is 0 Å². The van der Waals surface area contributed by atoms with Crippen LogP contribution in [-0.4, -0.2) is 20.2 Å². The molecule has 2 rings (SSSR count). The number of rotatable bonds is 0. The van der Waals surface area contributed by atoms with Crippen molar-refractivity contribution in [3.63, 3.8) is 0 Å². The third-order valence-electron chi connectivity index (χ3n) is 1.65. The van der Waals surface area contributed by atoms with Crippen molar-refractivity contribution >= 4 is 11.0 Å². The molecule has 70 valence electrons. The molecule has 0 bridgehead atoms. The molecule has 7 nitrogen and oxygen atoms in total. The van der Waals surface area contributed by atoms with E-state index in [2.05, 4.69) is 15.1 Å². The van der Waals surface area contributed by atoms with Crippen LogP contribution in [-0.2, 0) is 0 Å². The van der Waals surface area contributed by atoms with E-state index in [-0.39, 0.29) is 11.0 Å². The van der Waals surface area contributed by atoms with Crippen LogP contribution in [0.15, 0.2) is 26.9 Å². The Morgan fingerprint density at radius 3 is 2.64 bits per heavy atom. The van der Waals surface area contributed by atoms with Gasteiger partial charge < -0.3 is 0 Å². The Morgan fingerprint density at radius 2 is 1.86 bits per heavy atom. The van der Waals surface area contributed by atoms with Gasteiger partial charge in [0.1, 0.15) is 17.4 Å². The van der Waals surface area contributed by atoms with Gasteiger partial charge in [0, 0.05) is 0 Å². The average molecular weight is 192 g/mol. The highest BCUT2D eigenvalue weighted by Gasteiger charge is 2.03. The normalized spacial score (nSPS) is 10.3. The molecule has 2 aromatic rings. The monoisotopic (exact) mass is 192 g/mol. The molecule has 0 saturated carbocycles. The van der Waals surface area contributed by atoms with Gasteiger partial charge in [-0.1, -0.05) is 0 Å². The summed E-state index contributed by atoms with van der Waals surface area (Å²) in [6.45, 7) is 0. The molecule has 0 radical (unpaired) electrons. The molecule has 0 aliphatic rings. The van der Waals surface area contributed by atoms with Gasteiger partial charge in [-0.05, 0) is 0 Å². The second-order valence-electron chi connectivity index (χ2n) is 2.52. The van der Waals surface area contributed by atoms with Crippen LogP contribution < -0.4 is 16.4 Å². The molecule has 0 atom stereocenters. The van der Waals surface area contributed by atoms with E-state index in [0.29, 0.717) is 0 Å². The minimum absolute atomic E-state index is 0.108. The van der Waals surface area contributed by atoms with Crippen molar-refractivity contribution in [3.05, 3.63) is 43.3 Å². The van der Waals surface area contributed by atoms with E-state index in [1.807, 2.05) is 5.10 Å². The number of fused-ring (bicyclic) bond motifs is 1. The average Bonchev–Trinajstić information content (AvgIpc) is 2.32. The van der Waals surface area contributed by atoms with Crippen LogP contribution >= 0.6 is 0 Å². The second-order valence-corrected chi connectivity index (χ2v) is 2.52. The number of nitrogens with zero attached hydrogens (tertiary/aromatic N) is 2. The van der Waals surface area contributed by atoms with Gasteiger partial charge >= 0.3 is 5.56 Å². The summed E-state index contributed by atoms with van der Waals surface area (Å²) < 4.78 is 0. The molecular formula is C7H4N4O3. The van der Waals surface area contributed by atoms with Crippen molar-refractivity contribution in [2.24, 2.45) is 0 Å². The number of H-pyrrole nitrogens is 2. The summed E-state index contributed by atoms with van der Waals surface area (Å²) in [7, 11) is 0. The summed E-state index contributed by atoms with van der Waals surface area (Å²) in [5.41, 5.74) is -2.99. The maximum absolute atomic E-state index is 11.3. The SMILES string of the molecule is O=c1[nH][nH]c2cncnc2c(=O)c1=O. The Labute approximate surface area is 75.5 Å². The lowest BCUT2D eigenvalue weighted by atomic mass is 10.4. The van der Waals surface area contributed by atoms with E-state index in [0.717, 1.165) is 6.33 Å². The van der Waals surface area contributed by atoms with Crippen molar-refractivity contribution in [2.75, 3.05) is 0 Å². The van der Waals surface area contributed by atoms with Crippen LogP contribution in [0.25, 0.3) is 11.0 Å². The van der Waals surface area contributed by atoms with E-state index in [9.17, 15) is 14.4 Å². The van der Waals surface area contributed by atoms with E-state index in [1.165, 1.54) is 6.20 Å².